The Morgan fingerprint density at radius 2 is 1.46 bits per heavy atom. The zero-order valence-corrected chi connectivity index (χ0v) is 6.21. The third-order valence-corrected chi connectivity index (χ3v) is 2.34. The minimum absolute atomic E-state index is 1.06. The fourth-order valence-electron chi connectivity index (χ4n) is 1.41. The summed E-state index contributed by atoms with van der Waals surface area (Å²) in [5.74, 6) is -1.73. The number of hydrogen-bond acceptors (Lipinski definition) is 1. The second kappa shape index (κ2) is 2.52. The molecule has 0 aliphatic heterocycles. The van der Waals surface area contributed by atoms with Crippen molar-refractivity contribution in [3.8, 4) is 0 Å². The van der Waals surface area contributed by atoms with Crippen LogP contribution in [0.1, 0.15) is 6.42 Å². The van der Waals surface area contributed by atoms with Gasteiger partial charge in [-0.2, -0.15) is 26.3 Å². The van der Waals surface area contributed by atoms with E-state index in [2.05, 4.69) is 0 Å². The highest BCUT2D eigenvalue weighted by Crippen LogP contribution is 2.69. The van der Waals surface area contributed by atoms with Gasteiger partial charge in [0.05, 0.1) is 0 Å². The van der Waals surface area contributed by atoms with Crippen LogP contribution in [-0.2, 0) is 0 Å². The molecule has 0 amide bonds. The summed E-state index contributed by atoms with van der Waals surface area (Å²) in [6, 6.07) is 0. The number of hydrogen-bond donors (Lipinski definition) is 1. The summed E-state index contributed by atoms with van der Waals surface area (Å²) in [5.41, 5.74) is -3.66. The Bertz CT molecular complexity index is 190. The van der Waals surface area contributed by atoms with Crippen LogP contribution in [0.3, 0.4) is 0 Å². The summed E-state index contributed by atoms with van der Waals surface area (Å²) in [6.07, 6.45) is -11.7. The zero-order chi connectivity index (χ0) is 10.5. The Labute approximate surface area is 69.3 Å². The molecule has 1 rings (SSSR count). The summed E-state index contributed by atoms with van der Waals surface area (Å²) in [5, 5.41) is 8.27. The van der Waals surface area contributed by atoms with E-state index in [1.807, 2.05) is 0 Å². The maximum Gasteiger partial charge on any atom is 0.403 e. The molecule has 1 atom stereocenters. The molecule has 0 spiro atoms. The molecular weight excluding hydrogens is 202 g/mol. The van der Waals surface area contributed by atoms with E-state index in [-0.39, 0.29) is 0 Å². The quantitative estimate of drug-likeness (QED) is 0.654. The van der Waals surface area contributed by atoms with Gasteiger partial charge in [0.1, 0.15) is 0 Å². The van der Waals surface area contributed by atoms with Gasteiger partial charge in [0, 0.05) is 12.5 Å². The summed E-state index contributed by atoms with van der Waals surface area (Å²) < 4.78 is 72.0. The molecule has 0 heterocycles. The summed E-state index contributed by atoms with van der Waals surface area (Å²) in [7, 11) is 0. The molecule has 0 radical (unpaired) electrons. The van der Waals surface area contributed by atoms with E-state index >= 15 is 0 Å². The second-order valence-electron chi connectivity index (χ2n) is 3.05. The molecule has 1 aliphatic carbocycles. The normalized spacial score (nSPS) is 27.5. The average molecular weight is 208 g/mol. The summed E-state index contributed by atoms with van der Waals surface area (Å²) >= 11 is 0. The molecule has 7 heteroatoms. The molecular formula is C6H6F6O. The SMILES string of the molecule is OC[C@H]1CC1(C(F)(F)F)C(F)(F)F. The second-order valence-corrected chi connectivity index (χ2v) is 3.05. The van der Waals surface area contributed by atoms with E-state index in [0.717, 1.165) is 0 Å². The molecule has 0 aromatic carbocycles. The van der Waals surface area contributed by atoms with E-state index in [1.165, 1.54) is 0 Å². The Hall–Kier alpha value is -0.460. The third kappa shape index (κ3) is 1.29. The third-order valence-electron chi connectivity index (χ3n) is 2.34. The highest BCUT2D eigenvalue weighted by molar-refractivity contribution is 5.11. The van der Waals surface area contributed by atoms with Crippen LogP contribution in [0, 0.1) is 11.3 Å². The van der Waals surface area contributed by atoms with Crippen LogP contribution in [-0.4, -0.2) is 24.1 Å². The average Bonchev–Trinajstić information content (AvgIpc) is 2.57. The Balaban J connectivity index is 2.95. The van der Waals surface area contributed by atoms with Gasteiger partial charge in [0.15, 0.2) is 5.41 Å². The van der Waals surface area contributed by atoms with Crippen molar-refractivity contribution in [2.24, 2.45) is 11.3 Å². The topological polar surface area (TPSA) is 20.2 Å². The van der Waals surface area contributed by atoms with Gasteiger partial charge in [0.25, 0.3) is 0 Å². The van der Waals surface area contributed by atoms with Crippen LogP contribution < -0.4 is 0 Å². The van der Waals surface area contributed by atoms with E-state index < -0.39 is 36.7 Å². The number of rotatable bonds is 1. The first-order valence-corrected chi connectivity index (χ1v) is 3.41. The molecule has 78 valence electrons. The lowest BCUT2D eigenvalue weighted by atomic mass is 10.0. The Morgan fingerprint density at radius 3 is 1.54 bits per heavy atom. The van der Waals surface area contributed by atoms with Crippen molar-refractivity contribution in [2.45, 2.75) is 18.8 Å². The van der Waals surface area contributed by atoms with Crippen molar-refractivity contribution in [1.29, 1.82) is 0 Å². The minimum atomic E-state index is -5.32. The molecule has 0 saturated heterocycles. The minimum Gasteiger partial charge on any atom is -0.396 e. The van der Waals surface area contributed by atoms with Gasteiger partial charge in [-0.25, -0.2) is 0 Å². The lowest BCUT2D eigenvalue weighted by Crippen LogP contribution is -2.40. The van der Waals surface area contributed by atoms with Crippen LogP contribution in [0.2, 0.25) is 0 Å². The van der Waals surface area contributed by atoms with Crippen molar-refractivity contribution in [3.05, 3.63) is 0 Å². The standard InChI is InChI=1S/C6H6F6O/c7-5(8,9)4(6(10,11)12)1-3(4)2-13/h3,13H,1-2H2/t3-/m1/s1. The van der Waals surface area contributed by atoms with Crippen molar-refractivity contribution in [1.82, 2.24) is 0 Å². The van der Waals surface area contributed by atoms with Gasteiger partial charge in [-0.1, -0.05) is 0 Å². The lowest BCUT2D eigenvalue weighted by Gasteiger charge is -2.23. The van der Waals surface area contributed by atoms with Crippen LogP contribution in [0.5, 0.6) is 0 Å². The maximum atomic E-state index is 12.0. The van der Waals surface area contributed by atoms with E-state index in [9.17, 15) is 26.3 Å². The predicted octanol–water partition coefficient (Wildman–Crippen LogP) is 2.11. The van der Waals surface area contributed by atoms with Crippen molar-refractivity contribution in [2.75, 3.05) is 6.61 Å². The van der Waals surface area contributed by atoms with Gasteiger partial charge in [0.2, 0.25) is 0 Å². The zero-order valence-electron chi connectivity index (χ0n) is 6.21. The van der Waals surface area contributed by atoms with Gasteiger partial charge in [-0.3, -0.25) is 0 Å². The van der Waals surface area contributed by atoms with Crippen molar-refractivity contribution < 1.29 is 31.4 Å². The fourth-order valence-corrected chi connectivity index (χ4v) is 1.41. The number of halogens is 6. The first-order valence-electron chi connectivity index (χ1n) is 3.41. The van der Waals surface area contributed by atoms with Gasteiger partial charge < -0.3 is 5.11 Å². The molecule has 1 fully saturated rings. The van der Waals surface area contributed by atoms with E-state index in [4.69, 9.17) is 5.11 Å². The van der Waals surface area contributed by atoms with Crippen LogP contribution in [0.15, 0.2) is 0 Å². The molecule has 1 nitrogen and oxygen atoms in total. The Kier molecular flexibility index (Phi) is 2.06. The van der Waals surface area contributed by atoms with Crippen LogP contribution in [0.25, 0.3) is 0 Å². The van der Waals surface area contributed by atoms with Gasteiger partial charge in [-0.15, -0.1) is 0 Å². The lowest BCUT2D eigenvalue weighted by molar-refractivity contribution is -0.306. The number of alkyl halides is 6. The van der Waals surface area contributed by atoms with Gasteiger partial charge in [-0.05, 0) is 6.42 Å². The predicted molar refractivity (Wildman–Crippen MR) is 29.7 cm³/mol. The maximum absolute atomic E-state index is 12.0. The number of aliphatic hydroxyl groups is 1. The largest absolute Gasteiger partial charge is 0.403 e. The smallest absolute Gasteiger partial charge is 0.396 e. The van der Waals surface area contributed by atoms with Crippen molar-refractivity contribution >= 4 is 0 Å². The molecule has 0 bridgehead atoms. The van der Waals surface area contributed by atoms with Crippen LogP contribution in [0.4, 0.5) is 26.3 Å². The molecule has 0 aromatic rings. The molecule has 1 saturated carbocycles. The van der Waals surface area contributed by atoms with E-state index in [1.54, 1.807) is 0 Å². The first kappa shape index (κ1) is 10.6. The molecule has 13 heavy (non-hydrogen) atoms. The summed E-state index contributed by atoms with van der Waals surface area (Å²) in [4.78, 5) is 0. The highest BCUT2D eigenvalue weighted by Gasteiger charge is 2.83. The molecule has 1 aliphatic rings. The monoisotopic (exact) mass is 208 g/mol. The first-order chi connectivity index (χ1) is 5.67. The summed E-state index contributed by atoms with van der Waals surface area (Å²) in [6.45, 7) is -1.08. The highest BCUT2D eigenvalue weighted by atomic mass is 19.4. The fraction of sp³-hybridized carbons (Fsp3) is 1.00. The molecule has 0 unspecified atom stereocenters. The molecule has 0 aromatic heterocycles. The van der Waals surface area contributed by atoms with Gasteiger partial charge >= 0.3 is 12.4 Å². The van der Waals surface area contributed by atoms with Crippen molar-refractivity contribution in [3.63, 3.8) is 0 Å². The Morgan fingerprint density at radius 1 is 1.08 bits per heavy atom. The molecule has 1 N–H and O–H groups in total. The van der Waals surface area contributed by atoms with E-state index in [0.29, 0.717) is 0 Å². The number of aliphatic hydroxyl groups excluding tert-OH is 1. The van der Waals surface area contributed by atoms with Crippen LogP contribution >= 0.6 is 0 Å².